The molecule has 2 aromatic rings. The normalized spacial score (nSPS) is 24.0. The molecule has 0 aromatic heterocycles. The number of hydrogen-bond acceptors (Lipinski definition) is 2. The van der Waals surface area contributed by atoms with E-state index in [0.29, 0.717) is 5.92 Å². The van der Waals surface area contributed by atoms with Gasteiger partial charge in [0, 0.05) is 12.5 Å². The fourth-order valence-corrected chi connectivity index (χ4v) is 4.69. The van der Waals surface area contributed by atoms with Crippen LogP contribution in [-0.2, 0) is 10.3 Å². The topological polar surface area (TPSA) is 12.5 Å². The maximum atomic E-state index is 6.70. The maximum Gasteiger partial charge on any atom is 0.119 e. The van der Waals surface area contributed by atoms with Crippen molar-refractivity contribution in [3.63, 3.8) is 0 Å². The summed E-state index contributed by atoms with van der Waals surface area (Å²) in [6.45, 7) is 8.40. The van der Waals surface area contributed by atoms with Gasteiger partial charge in [0.2, 0.25) is 0 Å². The third-order valence-corrected chi connectivity index (χ3v) is 5.98. The molecule has 5 rings (SSSR count). The fourth-order valence-electron chi connectivity index (χ4n) is 4.69. The summed E-state index contributed by atoms with van der Waals surface area (Å²) in [6, 6.07) is 17.9. The highest BCUT2D eigenvalue weighted by Crippen LogP contribution is 2.56. The lowest BCUT2D eigenvalue weighted by Crippen LogP contribution is -2.43. The van der Waals surface area contributed by atoms with E-state index in [4.69, 9.17) is 4.74 Å². The predicted octanol–water partition coefficient (Wildman–Crippen LogP) is 4.53. The molecule has 126 valence electrons. The van der Waals surface area contributed by atoms with E-state index in [1.165, 1.54) is 28.7 Å². The minimum absolute atomic E-state index is 0.241. The number of benzene rings is 2. The molecule has 0 radical (unpaired) electrons. The van der Waals surface area contributed by atoms with Crippen LogP contribution in [0.2, 0.25) is 0 Å². The highest BCUT2D eigenvalue weighted by Gasteiger charge is 2.48. The van der Waals surface area contributed by atoms with Crippen molar-refractivity contribution in [3.05, 3.63) is 70.8 Å². The van der Waals surface area contributed by atoms with Gasteiger partial charge in [-0.1, -0.05) is 62.4 Å². The molecule has 3 aliphatic carbocycles. The average Bonchev–Trinajstić information content (AvgIpc) is 2.66. The van der Waals surface area contributed by atoms with Gasteiger partial charge in [-0.3, -0.25) is 0 Å². The molecule has 0 heterocycles. The lowest BCUT2D eigenvalue weighted by Gasteiger charge is -2.49. The number of likely N-dealkylation sites (N-methyl/N-ethyl adjacent to an activating group) is 1. The summed E-state index contributed by atoms with van der Waals surface area (Å²) < 4.78 is 6.70. The van der Waals surface area contributed by atoms with Crippen LogP contribution in [0.15, 0.2) is 48.5 Å². The van der Waals surface area contributed by atoms with Crippen LogP contribution in [-0.4, -0.2) is 31.1 Å². The Balaban J connectivity index is 1.71. The van der Waals surface area contributed by atoms with E-state index in [0.717, 1.165) is 32.7 Å². The molecular formula is C22H27NO. The van der Waals surface area contributed by atoms with Gasteiger partial charge in [-0.25, -0.2) is 0 Å². The van der Waals surface area contributed by atoms with Crippen LogP contribution in [0.5, 0.6) is 0 Å². The van der Waals surface area contributed by atoms with Gasteiger partial charge in [-0.2, -0.15) is 0 Å². The summed E-state index contributed by atoms with van der Waals surface area (Å²) in [5.41, 5.74) is 5.52. The van der Waals surface area contributed by atoms with Crippen molar-refractivity contribution < 1.29 is 4.74 Å². The minimum Gasteiger partial charge on any atom is -0.364 e. The van der Waals surface area contributed by atoms with Crippen molar-refractivity contribution in [2.45, 2.75) is 38.2 Å². The molecule has 3 aliphatic rings. The van der Waals surface area contributed by atoms with Crippen LogP contribution < -0.4 is 0 Å². The molecule has 0 saturated carbocycles. The van der Waals surface area contributed by atoms with Gasteiger partial charge in [-0.15, -0.1) is 0 Å². The molecule has 0 aliphatic heterocycles. The largest absolute Gasteiger partial charge is 0.364 e. The smallest absolute Gasteiger partial charge is 0.119 e. The van der Waals surface area contributed by atoms with Crippen molar-refractivity contribution in [1.29, 1.82) is 0 Å². The van der Waals surface area contributed by atoms with Crippen LogP contribution in [0.1, 0.15) is 54.9 Å². The Morgan fingerprint density at radius 2 is 1.54 bits per heavy atom. The van der Waals surface area contributed by atoms with Crippen molar-refractivity contribution in [3.8, 4) is 0 Å². The van der Waals surface area contributed by atoms with E-state index in [9.17, 15) is 0 Å². The maximum absolute atomic E-state index is 6.70. The van der Waals surface area contributed by atoms with Crippen molar-refractivity contribution >= 4 is 0 Å². The number of hydrogen-bond donors (Lipinski definition) is 0. The third-order valence-electron chi connectivity index (χ3n) is 5.98. The summed E-state index contributed by atoms with van der Waals surface area (Å²) in [5.74, 6) is 0.547. The van der Waals surface area contributed by atoms with Gasteiger partial charge in [0.1, 0.15) is 5.60 Å². The molecule has 0 amide bonds. The van der Waals surface area contributed by atoms with E-state index in [-0.39, 0.29) is 5.60 Å². The second-order valence-electron chi connectivity index (χ2n) is 6.97. The molecule has 0 atom stereocenters. The van der Waals surface area contributed by atoms with E-state index < -0.39 is 0 Å². The lowest BCUT2D eigenvalue weighted by molar-refractivity contribution is -0.0461. The molecule has 2 aromatic carbocycles. The minimum atomic E-state index is -0.241. The number of ether oxygens (including phenoxy) is 1. The first-order valence-corrected chi connectivity index (χ1v) is 9.35. The zero-order valence-corrected chi connectivity index (χ0v) is 14.8. The quantitative estimate of drug-likeness (QED) is 0.775. The van der Waals surface area contributed by atoms with Crippen LogP contribution in [0.4, 0.5) is 0 Å². The van der Waals surface area contributed by atoms with Gasteiger partial charge < -0.3 is 9.64 Å². The Morgan fingerprint density at radius 1 is 0.958 bits per heavy atom. The second-order valence-corrected chi connectivity index (χ2v) is 6.97. The molecule has 0 saturated heterocycles. The predicted molar refractivity (Wildman–Crippen MR) is 98.5 cm³/mol. The fraction of sp³-hybridized carbons (Fsp3) is 0.455. The highest BCUT2D eigenvalue weighted by atomic mass is 16.5. The first-order valence-electron chi connectivity index (χ1n) is 9.35. The van der Waals surface area contributed by atoms with Gasteiger partial charge in [-0.05, 0) is 48.2 Å². The molecule has 0 unspecified atom stereocenters. The molecule has 2 heteroatoms. The van der Waals surface area contributed by atoms with Crippen molar-refractivity contribution in [1.82, 2.24) is 4.90 Å². The molecule has 2 bridgehead atoms. The van der Waals surface area contributed by atoms with E-state index in [1.807, 2.05) is 0 Å². The molecule has 0 fully saturated rings. The van der Waals surface area contributed by atoms with Crippen LogP contribution in [0.3, 0.4) is 0 Å². The molecule has 2 nitrogen and oxygen atoms in total. The first-order chi connectivity index (χ1) is 11.8. The number of nitrogens with zero attached hydrogens (tertiary/aromatic N) is 1. The lowest BCUT2D eigenvalue weighted by atomic mass is 9.61. The van der Waals surface area contributed by atoms with Crippen LogP contribution in [0, 0.1) is 0 Å². The Morgan fingerprint density at radius 3 is 2.12 bits per heavy atom. The highest BCUT2D eigenvalue weighted by molar-refractivity contribution is 5.57. The van der Waals surface area contributed by atoms with Crippen LogP contribution in [0.25, 0.3) is 0 Å². The standard InChI is InChI=1S/C22H27NO/c1-3-23(4-2)15-16-24-22-14-13-17(18-9-5-7-11-20(18)22)19-10-6-8-12-21(19)22/h5-12,17H,3-4,13-16H2,1-2H3. The Kier molecular flexibility index (Phi) is 4.19. The van der Waals surface area contributed by atoms with Crippen molar-refractivity contribution in [2.75, 3.05) is 26.2 Å². The Bertz CT molecular complexity index is 672. The molecule has 24 heavy (non-hydrogen) atoms. The van der Waals surface area contributed by atoms with E-state index >= 15 is 0 Å². The number of rotatable bonds is 6. The van der Waals surface area contributed by atoms with Gasteiger partial charge in [0.25, 0.3) is 0 Å². The van der Waals surface area contributed by atoms with E-state index in [1.54, 1.807) is 0 Å². The number of fused-ring (bicyclic) bond motifs is 1. The monoisotopic (exact) mass is 321 g/mol. The average molecular weight is 321 g/mol. The summed E-state index contributed by atoms with van der Waals surface area (Å²) in [4.78, 5) is 2.43. The molecular weight excluding hydrogens is 294 g/mol. The summed E-state index contributed by atoms with van der Waals surface area (Å²) in [7, 11) is 0. The summed E-state index contributed by atoms with van der Waals surface area (Å²) in [6.07, 6.45) is 2.29. The Hall–Kier alpha value is -1.64. The zero-order valence-electron chi connectivity index (χ0n) is 14.8. The molecule has 0 spiro atoms. The molecule has 0 N–H and O–H groups in total. The van der Waals surface area contributed by atoms with Gasteiger partial charge in [0.15, 0.2) is 0 Å². The van der Waals surface area contributed by atoms with Gasteiger partial charge in [0.05, 0.1) is 6.61 Å². The Labute approximate surface area is 145 Å². The summed E-state index contributed by atoms with van der Waals surface area (Å²) >= 11 is 0. The van der Waals surface area contributed by atoms with E-state index in [2.05, 4.69) is 67.3 Å². The second kappa shape index (κ2) is 6.34. The SMILES string of the molecule is CCN(CC)CCOC12CCC(c3ccccc31)c1ccccc12. The third kappa shape index (κ3) is 2.32. The first kappa shape index (κ1) is 15.9. The van der Waals surface area contributed by atoms with Gasteiger partial charge >= 0.3 is 0 Å². The van der Waals surface area contributed by atoms with Crippen LogP contribution >= 0.6 is 0 Å². The van der Waals surface area contributed by atoms with Crippen molar-refractivity contribution in [2.24, 2.45) is 0 Å². The zero-order chi connectivity index (χ0) is 16.6. The summed E-state index contributed by atoms with van der Waals surface area (Å²) in [5, 5.41) is 0.